The van der Waals surface area contributed by atoms with Crippen molar-refractivity contribution in [1.82, 2.24) is 19.1 Å². The number of nitrogens with one attached hydrogen (secondary N) is 1. The number of carbonyl (C=O) groups is 1. The van der Waals surface area contributed by atoms with E-state index in [1.165, 1.54) is 23.4 Å². The maximum atomic E-state index is 12.1. The van der Waals surface area contributed by atoms with E-state index in [-0.39, 0.29) is 22.7 Å². The maximum Gasteiger partial charge on any atom is 0.332 e. The number of aromatic amines is 1. The molecule has 0 unspecified atom stereocenters. The van der Waals surface area contributed by atoms with Crippen molar-refractivity contribution >= 4 is 28.7 Å². The fourth-order valence-electron chi connectivity index (χ4n) is 2.21. The van der Waals surface area contributed by atoms with Crippen LogP contribution >= 0.6 is 11.8 Å². The molecule has 0 aliphatic rings. The summed E-state index contributed by atoms with van der Waals surface area (Å²) >= 11 is 1.20. The average molecular weight is 330 g/mol. The number of benzene rings is 1. The van der Waals surface area contributed by atoms with Crippen LogP contribution in [0.5, 0.6) is 0 Å². The van der Waals surface area contributed by atoms with Gasteiger partial charge in [0.15, 0.2) is 22.1 Å². The molecular weight excluding hydrogens is 316 g/mol. The number of Topliss-reactive ketones (excluding diaryl/α,β-unsaturated/α-hetero) is 1. The second-order valence-electron chi connectivity index (χ2n) is 5.02. The number of aromatic nitrogens is 4. The van der Waals surface area contributed by atoms with Crippen LogP contribution in [0.15, 0.2) is 45.1 Å². The third-order valence-electron chi connectivity index (χ3n) is 3.51. The van der Waals surface area contributed by atoms with Crippen LogP contribution in [0.4, 0.5) is 0 Å². The fraction of sp³-hybridized carbons (Fsp3) is 0.200. The zero-order valence-corrected chi connectivity index (χ0v) is 13.4. The van der Waals surface area contributed by atoms with Gasteiger partial charge < -0.3 is 4.98 Å². The van der Waals surface area contributed by atoms with Gasteiger partial charge in [-0.2, -0.15) is 0 Å². The third kappa shape index (κ3) is 2.72. The van der Waals surface area contributed by atoms with Crippen LogP contribution < -0.4 is 11.2 Å². The quantitative estimate of drug-likeness (QED) is 0.568. The molecule has 23 heavy (non-hydrogen) atoms. The van der Waals surface area contributed by atoms with E-state index in [1.807, 2.05) is 6.07 Å². The van der Waals surface area contributed by atoms with Gasteiger partial charge in [-0.1, -0.05) is 42.1 Å². The normalized spacial score (nSPS) is 11.0. The molecule has 1 aromatic carbocycles. The summed E-state index contributed by atoms with van der Waals surface area (Å²) < 4.78 is 2.32. The van der Waals surface area contributed by atoms with Crippen LogP contribution in [0.2, 0.25) is 0 Å². The van der Waals surface area contributed by atoms with Gasteiger partial charge in [0.2, 0.25) is 0 Å². The van der Waals surface area contributed by atoms with Crippen molar-refractivity contribution in [2.24, 2.45) is 14.1 Å². The standard InChI is InChI=1S/C15H14N4O3S/c1-18-12-11(13(21)19(2)15(18)22)16-14(17-12)23-8-10(20)9-6-4-3-5-7-9/h3-7H,8H2,1-2H3,(H,16,17). The molecule has 2 aromatic heterocycles. The lowest BCUT2D eigenvalue weighted by atomic mass is 10.2. The molecule has 0 spiro atoms. The van der Waals surface area contributed by atoms with Crippen LogP contribution in [-0.4, -0.2) is 30.6 Å². The van der Waals surface area contributed by atoms with E-state index in [2.05, 4.69) is 9.97 Å². The number of ketones is 1. The number of nitrogens with zero attached hydrogens (tertiary/aromatic N) is 3. The Morgan fingerprint density at radius 1 is 1.17 bits per heavy atom. The Balaban J connectivity index is 1.89. The van der Waals surface area contributed by atoms with Crippen molar-refractivity contribution < 1.29 is 4.79 Å². The highest BCUT2D eigenvalue weighted by molar-refractivity contribution is 7.99. The van der Waals surface area contributed by atoms with Gasteiger partial charge in [-0.3, -0.25) is 18.7 Å². The number of imidazole rings is 1. The Labute approximate surface area is 135 Å². The van der Waals surface area contributed by atoms with Crippen LogP contribution in [0.25, 0.3) is 11.2 Å². The smallest absolute Gasteiger partial charge is 0.327 e. The third-order valence-corrected chi connectivity index (χ3v) is 4.38. The molecule has 2 heterocycles. The molecule has 0 aliphatic carbocycles. The van der Waals surface area contributed by atoms with E-state index in [0.717, 1.165) is 4.57 Å². The van der Waals surface area contributed by atoms with E-state index in [1.54, 1.807) is 31.3 Å². The Morgan fingerprint density at radius 2 is 1.87 bits per heavy atom. The summed E-state index contributed by atoms with van der Waals surface area (Å²) in [6.07, 6.45) is 0. The van der Waals surface area contributed by atoms with E-state index < -0.39 is 11.2 Å². The van der Waals surface area contributed by atoms with Crippen LogP contribution in [0, 0.1) is 0 Å². The molecule has 0 atom stereocenters. The molecule has 0 amide bonds. The Kier molecular flexibility index (Phi) is 3.91. The number of rotatable bonds is 4. The molecule has 0 bridgehead atoms. The molecule has 0 radical (unpaired) electrons. The van der Waals surface area contributed by atoms with Crippen molar-refractivity contribution in [3.05, 3.63) is 56.7 Å². The summed E-state index contributed by atoms with van der Waals surface area (Å²) in [4.78, 5) is 43.2. The van der Waals surface area contributed by atoms with Crippen LogP contribution in [-0.2, 0) is 14.1 Å². The minimum atomic E-state index is -0.439. The van der Waals surface area contributed by atoms with Gasteiger partial charge in [0, 0.05) is 19.7 Å². The number of aryl methyl sites for hydroxylation is 1. The van der Waals surface area contributed by atoms with Crippen LogP contribution in [0.3, 0.4) is 0 Å². The van der Waals surface area contributed by atoms with Gasteiger partial charge in [0.25, 0.3) is 5.56 Å². The van der Waals surface area contributed by atoms with Crippen LogP contribution in [0.1, 0.15) is 10.4 Å². The number of fused-ring (bicyclic) bond motifs is 1. The molecule has 118 valence electrons. The highest BCUT2D eigenvalue weighted by Gasteiger charge is 2.14. The van der Waals surface area contributed by atoms with Gasteiger partial charge in [0.1, 0.15) is 0 Å². The fourth-order valence-corrected chi connectivity index (χ4v) is 2.97. The topological polar surface area (TPSA) is 89.8 Å². The molecule has 1 N–H and O–H groups in total. The summed E-state index contributed by atoms with van der Waals surface area (Å²) in [7, 11) is 2.96. The van der Waals surface area contributed by atoms with Gasteiger partial charge >= 0.3 is 5.69 Å². The van der Waals surface area contributed by atoms with Gasteiger partial charge in [0.05, 0.1) is 5.75 Å². The monoisotopic (exact) mass is 330 g/mol. The molecule has 7 nitrogen and oxygen atoms in total. The maximum absolute atomic E-state index is 12.1. The molecule has 0 saturated carbocycles. The van der Waals surface area contributed by atoms with Crippen molar-refractivity contribution in [2.75, 3.05) is 5.75 Å². The Hall–Kier alpha value is -2.61. The van der Waals surface area contributed by atoms with Crippen molar-refractivity contribution in [1.29, 1.82) is 0 Å². The predicted molar refractivity (Wildman–Crippen MR) is 88.1 cm³/mol. The molecule has 3 rings (SSSR count). The van der Waals surface area contributed by atoms with Gasteiger partial charge in [-0.15, -0.1) is 0 Å². The lowest BCUT2D eigenvalue weighted by Crippen LogP contribution is -2.36. The number of hydrogen-bond donors (Lipinski definition) is 1. The second kappa shape index (κ2) is 5.88. The second-order valence-corrected chi connectivity index (χ2v) is 5.99. The highest BCUT2D eigenvalue weighted by Crippen LogP contribution is 2.18. The summed E-state index contributed by atoms with van der Waals surface area (Å²) in [5.74, 6) is 0.163. The first kappa shape index (κ1) is 15.3. The highest BCUT2D eigenvalue weighted by atomic mass is 32.2. The first-order chi connectivity index (χ1) is 11.0. The molecule has 3 aromatic rings. The Morgan fingerprint density at radius 3 is 2.57 bits per heavy atom. The minimum absolute atomic E-state index is 0.0298. The first-order valence-electron chi connectivity index (χ1n) is 6.86. The summed E-state index contributed by atoms with van der Waals surface area (Å²) in [6.45, 7) is 0. The average Bonchev–Trinajstić information content (AvgIpc) is 3.01. The predicted octanol–water partition coefficient (Wildman–Crippen LogP) is 0.935. The lowest BCUT2D eigenvalue weighted by Gasteiger charge is -2.00. The molecule has 8 heteroatoms. The molecule has 0 fully saturated rings. The Bertz CT molecular complexity index is 1000. The van der Waals surface area contributed by atoms with Crippen molar-refractivity contribution in [2.45, 2.75) is 5.16 Å². The van der Waals surface area contributed by atoms with Gasteiger partial charge in [-0.25, -0.2) is 9.78 Å². The summed E-state index contributed by atoms with van der Waals surface area (Å²) in [5, 5.41) is 0.433. The van der Waals surface area contributed by atoms with Gasteiger partial charge in [-0.05, 0) is 0 Å². The minimum Gasteiger partial charge on any atom is -0.327 e. The molecule has 0 saturated heterocycles. The number of carbonyl (C=O) groups excluding carboxylic acids is 1. The van der Waals surface area contributed by atoms with Crippen molar-refractivity contribution in [3.8, 4) is 0 Å². The SMILES string of the molecule is Cn1c(=O)c2[nH]c(SCC(=O)c3ccccc3)nc2n(C)c1=O. The number of H-pyrrole nitrogens is 1. The molecular formula is C15H14N4O3S. The largest absolute Gasteiger partial charge is 0.332 e. The number of thioether (sulfide) groups is 1. The summed E-state index contributed by atoms with van der Waals surface area (Å²) in [6, 6.07) is 8.96. The first-order valence-corrected chi connectivity index (χ1v) is 7.84. The van der Waals surface area contributed by atoms with E-state index in [9.17, 15) is 14.4 Å². The van der Waals surface area contributed by atoms with E-state index >= 15 is 0 Å². The number of hydrogen-bond acceptors (Lipinski definition) is 5. The zero-order chi connectivity index (χ0) is 16.6. The van der Waals surface area contributed by atoms with E-state index in [0.29, 0.717) is 10.7 Å². The zero-order valence-electron chi connectivity index (χ0n) is 12.6. The lowest BCUT2D eigenvalue weighted by molar-refractivity contribution is 0.102. The van der Waals surface area contributed by atoms with Crippen molar-refractivity contribution in [3.63, 3.8) is 0 Å². The molecule has 0 aliphatic heterocycles. The van der Waals surface area contributed by atoms with E-state index in [4.69, 9.17) is 0 Å². The summed E-state index contributed by atoms with van der Waals surface area (Å²) in [5.41, 5.74) is 0.291.